The van der Waals surface area contributed by atoms with E-state index in [1.165, 1.54) is 25.9 Å². The van der Waals surface area contributed by atoms with Gasteiger partial charge < -0.3 is 10.6 Å². The molecule has 1 aliphatic rings. The number of halogens is 1. The van der Waals surface area contributed by atoms with E-state index in [1.807, 2.05) is 6.07 Å². The van der Waals surface area contributed by atoms with E-state index in [9.17, 15) is 0 Å². The molecule has 0 spiro atoms. The van der Waals surface area contributed by atoms with Crippen molar-refractivity contribution in [2.75, 3.05) is 10.6 Å². The Hall–Kier alpha value is -1.23. The second-order valence-corrected chi connectivity index (χ2v) is 5.98. The number of nitrogen functional groups attached to an aromatic ring is 1. The van der Waals surface area contributed by atoms with E-state index in [-0.39, 0.29) is 0 Å². The van der Waals surface area contributed by atoms with Crippen LogP contribution in [0.25, 0.3) is 0 Å². The van der Waals surface area contributed by atoms with Gasteiger partial charge in [0, 0.05) is 28.0 Å². The summed E-state index contributed by atoms with van der Waals surface area (Å²) in [6, 6.07) is 12.9. The molecule has 2 aromatic rings. The van der Waals surface area contributed by atoms with Crippen LogP contribution in [-0.4, -0.2) is 0 Å². The summed E-state index contributed by atoms with van der Waals surface area (Å²) in [4.78, 5) is 2.39. The number of nitrogens with zero attached hydrogens (tertiary/aromatic N) is 1. The zero-order chi connectivity index (χ0) is 12.7. The first-order valence-electron chi connectivity index (χ1n) is 6.02. The molecule has 0 aliphatic carbocycles. The molecule has 3 heteroatoms. The molecule has 0 bridgehead atoms. The molecule has 3 rings (SSSR count). The highest BCUT2D eigenvalue weighted by molar-refractivity contribution is 14.1. The SMILES string of the molecule is Cc1ccc(N2Cc3ccc(N)cc3C2)cc1I. The van der Waals surface area contributed by atoms with Crippen LogP contribution in [0.2, 0.25) is 0 Å². The van der Waals surface area contributed by atoms with Gasteiger partial charge in [-0.15, -0.1) is 0 Å². The minimum absolute atomic E-state index is 0.856. The zero-order valence-corrected chi connectivity index (χ0v) is 12.4. The third kappa shape index (κ3) is 2.07. The van der Waals surface area contributed by atoms with Crippen molar-refractivity contribution in [3.63, 3.8) is 0 Å². The fourth-order valence-electron chi connectivity index (χ4n) is 2.38. The van der Waals surface area contributed by atoms with E-state index in [0.29, 0.717) is 0 Å². The molecule has 0 saturated carbocycles. The van der Waals surface area contributed by atoms with Gasteiger partial charge in [-0.3, -0.25) is 0 Å². The van der Waals surface area contributed by atoms with Crippen LogP contribution in [0.5, 0.6) is 0 Å². The van der Waals surface area contributed by atoms with Gasteiger partial charge in [-0.05, 0) is 70.5 Å². The summed E-state index contributed by atoms with van der Waals surface area (Å²) in [7, 11) is 0. The lowest BCUT2D eigenvalue weighted by Gasteiger charge is -2.18. The lowest BCUT2D eigenvalue weighted by atomic mass is 10.1. The Labute approximate surface area is 121 Å². The summed E-state index contributed by atoms with van der Waals surface area (Å²) in [5.41, 5.74) is 12.1. The molecule has 2 nitrogen and oxygen atoms in total. The van der Waals surface area contributed by atoms with Gasteiger partial charge in [0.1, 0.15) is 0 Å². The topological polar surface area (TPSA) is 29.3 Å². The smallest absolute Gasteiger partial charge is 0.0437 e. The molecule has 0 saturated heterocycles. The van der Waals surface area contributed by atoms with Crippen LogP contribution >= 0.6 is 22.6 Å². The Morgan fingerprint density at radius 3 is 2.61 bits per heavy atom. The number of benzene rings is 2. The summed E-state index contributed by atoms with van der Waals surface area (Å²) in [5.74, 6) is 0. The average Bonchev–Trinajstić information content (AvgIpc) is 2.75. The minimum Gasteiger partial charge on any atom is -0.399 e. The van der Waals surface area contributed by atoms with E-state index >= 15 is 0 Å². The number of hydrogen-bond acceptors (Lipinski definition) is 2. The van der Waals surface area contributed by atoms with Crippen LogP contribution < -0.4 is 10.6 Å². The van der Waals surface area contributed by atoms with E-state index in [4.69, 9.17) is 5.73 Å². The highest BCUT2D eigenvalue weighted by atomic mass is 127. The molecule has 0 radical (unpaired) electrons. The quantitative estimate of drug-likeness (QED) is 0.628. The number of rotatable bonds is 1. The van der Waals surface area contributed by atoms with Gasteiger partial charge in [0.15, 0.2) is 0 Å². The standard InChI is InChI=1S/C15H15IN2/c1-10-2-5-14(7-15(10)16)18-8-11-3-4-13(17)6-12(11)9-18/h2-7H,8-9,17H2,1H3. The summed E-state index contributed by atoms with van der Waals surface area (Å²) in [6.45, 7) is 4.08. The molecule has 2 N–H and O–H groups in total. The fraction of sp³-hybridized carbons (Fsp3) is 0.200. The largest absolute Gasteiger partial charge is 0.399 e. The average molecular weight is 350 g/mol. The molecule has 0 aromatic heterocycles. The number of aryl methyl sites for hydroxylation is 1. The van der Waals surface area contributed by atoms with Gasteiger partial charge in [0.2, 0.25) is 0 Å². The molecular weight excluding hydrogens is 335 g/mol. The Kier molecular flexibility index (Phi) is 2.93. The van der Waals surface area contributed by atoms with Crippen LogP contribution in [0.15, 0.2) is 36.4 Å². The molecule has 92 valence electrons. The van der Waals surface area contributed by atoms with Gasteiger partial charge in [-0.25, -0.2) is 0 Å². The second-order valence-electron chi connectivity index (χ2n) is 4.82. The molecule has 1 heterocycles. The Morgan fingerprint density at radius 2 is 1.83 bits per heavy atom. The Balaban J connectivity index is 1.91. The summed E-state index contributed by atoms with van der Waals surface area (Å²) in [6.07, 6.45) is 0. The van der Waals surface area contributed by atoms with Crippen molar-refractivity contribution >= 4 is 34.0 Å². The predicted molar refractivity (Wildman–Crippen MR) is 84.6 cm³/mol. The molecule has 1 aliphatic heterocycles. The third-order valence-corrected chi connectivity index (χ3v) is 4.64. The first-order chi connectivity index (χ1) is 8.63. The molecule has 0 unspecified atom stereocenters. The lowest BCUT2D eigenvalue weighted by Crippen LogP contribution is -2.14. The number of hydrogen-bond donors (Lipinski definition) is 1. The molecule has 0 amide bonds. The lowest BCUT2D eigenvalue weighted by molar-refractivity contribution is 0.879. The van der Waals surface area contributed by atoms with Crippen molar-refractivity contribution in [2.45, 2.75) is 20.0 Å². The van der Waals surface area contributed by atoms with E-state index in [1.54, 1.807) is 0 Å². The van der Waals surface area contributed by atoms with Crippen molar-refractivity contribution < 1.29 is 0 Å². The highest BCUT2D eigenvalue weighted by Crippen LogP contribution is 2.30. The molecule has 2 aromatic carbocycles. The van der Waals surface area contributed by atoms with Gasteiger partial charge in [0.05, 0.1) is 0 Å². The monoisotopic (exact) mass is 350 g/mol. The van der Waals surface area contributed by atoms with Gasteiger partial charge in [0.25, 0.3) is 0 Å². The summed E-state index contributed by atoms with van der Waals surface area (Å²) >= 11 is 2.39. The normalized spacial score (nSPS) is 13.8. The maximum absolute atomic E-state index is 5.84. The van der Waals surface area contributed by atoms with Crippen LogP contribution in [0.1, 0.15) is 16.7 Å². The van der Waals surface area contributed by atoms with Crippen LogP contribution in [-0.2, 0) is 13.1 Å². The Morgan fingerprint density at radius 1 is 1.06 bits per heavy atom. The van der Waals surface area contributed by atoms with Crippen LogP contribution in [0.4, 0.5) is 11.4 Å². The number of nitrogens with two attached hydrogens (primary N) is 1. The van der Waals surface area contributed by atoms with Crippen molar-refractivity contribution in [1.82, 2.24) is 0 Å². The van der Waals surface area contributed by atoms with Crippen LogP contribution in [0.3, 0.4) is 0 Å². The molecule has 18 heavy (non-hydrogen) atoms. The first kappa shape index (κ1) is 11.8. The van der Waals surface area contributed by atoms with Crippen molar-refractivity contribution in [3.8, 4) is 0 Å². The maximum atomic E-state index is 5.84. The molecule has 0 atom stereocenters. The van der Waals surface area contributed by atoms with Gasteiger partial charge in [-0.2, -0.15) is 0 Å². The fourth-order valence-corrected chi connectivity index (χ4v) is 2.87. The van der Waals surface area contributed by atoms with E-state index < -0.39 is 0 Å². The number of fused-ring (bicyclic) bond motifs is 1. The Bertz CT molecular complexity index is 607. The highest BCUT2D eigenvalue weighted by Gasteiger charge is 2.19. The predicted octanol–water partition coefficient (Wildman–Crippen LogP) is 3.70. The summed E-state index contributed by atoms with van der Waals surface area (Å²) < 4.78 is 1.32. The first-order valence-corrected chi connectivity index (χ1v) is 7.10. The molecule has 0 fully saturated rings. The molecular formula is C15H15IN2. The maximum Gasteiger partial charge on any atom is 0.0437 e. The zero-order valence-electron chi connectivity index (χ0n) is 10.3. The van der Waals surface area contributed by atoms with Crippen molar-refractivity contribution in [1.29, 1.82) is 0 Å². The number of anilines is 2. The van der Waals surface area contributed by atoms with Crippen molar-refractivity contribution in [3.05, 3.63) is 56.7 Å². The van der Waals surface area contributed by atoms with Gasteiger partial charge >= 0.3 is 0 Å². The van der Waals surface area contributed by atoms with Crippen LogP contribution in [0, 0.1) is 10.5 Å². The summed E-state index contributed by atoms with van der Waals surface area (Å²) in [5, 5.41) is 0. The minimum atomic E-state index is 0.856. The van der Waals surface area contributed by atoms with Gasteiger partial charge in [-0.1, -0.05) is 12.1 Å². The third-order valence-electron chi connectivity index (χ3n) is 3.47. The second kappa shape index (κ2) is 4.46. The van der Waals surface area contributed by atoms with E-state index in [0.717, 1.165) is 18.8 Å². The van der Waals surface area contributed by atoms with Crippen molar-refractivity contribution in [2.24, 2.45) is 0 Å². The van der Waals surface area contributed by atoms with E-state index in [2.05, 4.69) is 64.7 Å².